The monoisotopic (exact) mass is 468 g/mol. The Labute approximate surface area is 172 Å². The number of nitrogens with one attached hydrogen (secondary N) is 3. The molecule has 2 heterocycles. The molecule has 2 aromatic heterocycles. The predicted molar refractivity (Wildman–Crippen MR) is 105 cm³/mol. The van der Waals surface area contributed by atoms with Gasteiger partial charge in [-0.25, -0.2) is 4.98 Å². The van der Waals surface area contributed by atoms with Crippen LogP contribution in [0.2, 0.25) is 0 Å². The Morgan fingerprint density at radius 2 is 1.97 bits per heavy atom. The van der Waals surface area contributed by atoms with E-state index >= 15 is 0 Å². The third kappa shape index (κ3) is 4.61. The molecular weight excluding hydrogens is 453 g/mol. The van der Waals surface area contributed by atoms with Crippen molar-refractivity contribution in [2.24, 2.45) is 0 Å². The molecule has 0 atom stereocenters. The number of aromatic amines is 1. The summed E-state index contributed by atoms with van der Waals surface area (Å²) in [4.78, 5) is 8.43. The van der Waals surface area contributed by atoms with E-state index < -0.39 is 11.7 Å². The zero-order valence-electron chi connectivity index (χ0n) is 15.1. The van der Waals surface area contributed by atoms with Gasteiger partial charge in [0.2, 0.25) is 5.95 Å². The van der Waals surface area contributed by atoms with Crippen LogP contribution in [0.15, 0.2) is 34.9 Å². The summed E-state index contributed by atoms with van der Waals surface area (Å²) in [5, 5.41) is 13.1. The Morgan fingerprint density at radius 3 is 2.66 bits per heavy atom. The third-order valence-corrected chi connectivity index (χ3v) is 4.91. The van der Waals surface area contributed by atoms with E-state index in [1.165, 1.54) is 19.4 Å². The summed E-state index contributed by atoms with van der Waals surface area (Å²) in [6.45, 7) is 0. The molecule has 0 amide bonds. The van der Waals surface area contributed by atoms with Crippen LogP contribution in [0.1, 0.15) is 30.0 Å². The van der Waals surface area contributed by atoms with Gasteiger partial charge >= 0.3 is 6.18 Å². The Bertz CT molecular complexity index is 1030. The smallest absolute Gasteiger partial charge is 0.416 e. The number of methoxy groups -OCH3 is 1. The number of benzene rings is 1. The van der Waals surface area contributed by atoms with Crippen molar-refractivity contribution >= 4 is 39.2 Å². The number of hydrogen-bond donors (Lipinski definition) is 3. The van der Waals surface area contributed by atoms with E-state index in [0.717, 1.165) is 30.7 Å². The quantitative estimate of drug-likeness (QED) is 0.451. The molecule has 0 radical (unpaired) electrons. The number of hydrogen-bond acceptors (Lipinski definition) is 6. The molecule has 11 heteroatoms. The van der Waals surface area contributed by atoms with Gasteiger partial charge in [0.25, 0.3) is 0 Å². The molecule has 1 saturated carbocycles. The van der Waals surface area contributed by atoms with E-state index in [4.69, 9.17) is 4.74 Å². The Morgan fingerprint density at radius 1 is 1.17 bits per heavy atom. The number of nitrogens with zero attached hydrogens (tertiary/aromatic N) is 3. The van der Waals surface area contributed by atoms with Crippen LogP contribution in [0.25, 0.3) is 0 Å². The first-order valence-corrected chi connectivity index (χ1v) is 9.49. The maximum Gasteiger partial charge on any atom is 0.416 e. The summed E-state index contributed by atoms with van der Waals surface area (Å²) in [6, 6.07) is 5.24. The van der Waals surface area contributed by atoms with Crippen LogP contribution in [-0.4, -0.2) is 27.3 Å². The van der Waals surface area contributed by atoms with E-state index in [9.17, 15) is 13.2 Å². The maximum absolute atomic E-state index is 13.1. The van der Waals surface area contributed by atoms with Crippen molar-refractivity contribution in [1.29, 1.82) is 0 Å². The molecule has 29 heavy (non-hydrogen) atoms. The molecule has 1 aliphatic carbocycles. The van der Waals surface area contributed by atoms with Crippen LogP contribution >= 0.6 is 15.9 Å². The summed E-state index contributed by atoms with van der Waals surface area (Å²) >= 11 is 3.36. The van der Waals surface area contributed by atoms with Crippen molar-refractivity contribution in [1.82, 2.24) is 20.2 Å². The minimum absolute atomic E-state index is 0.0712. The number of anilines is 4. The Hall–Kier alpha value is -2.82. The fourth-order valence-electron chi connectivity index (χ4n) is 2.72. The fraction of sp³-hybridized carbons (Fsp3) is 0.278. The average molecular weight is 469 g/mol. The molecule has 0 saturated heterocycles. The second-order valence-electron chi connectivity index (χ2n) is 6.57. The number of ether oxygens (including phenoxy) is 1. The fourth-order valence-corrected chi connectivity index (χ4v) is 3.01. The normalized spacial score (nSPS) is 14.0. The Kier molecular flexibility index (Phi) is 5.07. The molecule has 3 N–H and O–H groups in total. The van der Waals surface area contributed by atoms with Crippen LogP contribution in [0.3, 0.4) is 0 Å². The molecule has 1 aromatic carbocycles. The van der Waals surface area contributed by atoms with Gasteiger partial charge in [-0.1, -0.05) is 0 Å². The molecule has 0 bridgehead atoms. The summed E-state index contributed by atoms with van der Waals surface area (Å²) in [5.74, 6) is 1.74. The molecule has 0 spiro atoms. The highest BCUT2D eigenvalue weighted by atomic mass is 79.9. The predicted octanol–water partition coefficient (Wildman–Crippen LogP) is 5.35. The highest BCUT2D eigenvalue weighted by Crippen LogP contribution is 2.40. The van der Waals surface area contributed by atoms with Crippen LogP contribution < -0.4 is 15.4 Å². The van der Waals surface area contributed by atoms with Gasteiger partial charge in [0.15, 0.2) is 11.6 Å². The van der Waals surface area contributed by atoms with Gasteiger partial charge in [0.05, 0.1) is 17.1 Å². The molecule has 7 nitrogen and oxygen atoms in total. The van der Waals surface area contributed by atoms with Crippen molar-refractivity contribution in [3.63, 3.8) is 0 Å². The van der Waals surface area contributed by atoms with Crippen LogP contribution in [-0.2, 0) is 6.18 Å². The van der Waals surface area contributed by atoms with Crippen LogP contribution in [0.5, 0.6) is 5.75 Å². The molecular formula is C18H16BrF3N6O. The highest BCUT2D eigenvalue weighted by molar-refractivity contribution is 9.10. The lowest BCUT2D eigenvalue weighted by atomic mass is 10.2. The second-order valence-corrected chi connectivity index (χ2v) is 7.43. The molecule has 1 aliphatic rings. The number of H-pyrrole nitrogens is 1. The van der Waals surface area contributed by atoms with E-state index in [0.29, 0.717) is 22.0 Å². The molecule has 0 aliphatic heterocycles. The topological polar surface area (TPSA) is 87.8 Å². The van der Waals surface area contributed by atoms with Crippen molar-refractivity contribution < 1.29 is 17.9 Å². The first kappa shape index (κ1) is 19.5. The zero-order valence-corrected chi connectivity index (χ0v) is 16.7. The van der Waals surface area contributed by atoms with Crippen molar-refractivity contribution in [3.8, 4) is 5.75 Å². The zero-order chi connectivity index (χ0) is 20.6. The maximum atomic E-state index is 13.1. The molecule has 152 valence electrons. The first-order valence-electron chi connectivity index (χ1n) is 8.70. The summed E-state index contributed by atoms with van der Waals surface area (Å²) < 4.78 is 44.9. The lowest BCUT2D eigenvalue weighted by Crippen LogP contribution is -2.07. The van der Waals surface area contributed by atoms with Gasteiger partial charge in [-0.3, -0.25) is 5.10 Å². The van der Waals surface area contributed by atoms with Crippen LogP contribution in [0.4, 0.5) is 36.4 Å². The van der Waals surface area contributed by atoms with E-state index in [-0.39, 0.29) is 17.4 Å². The minimum atomic E-state index is -4.50. The molecule has 3 aromatic rings. The summed E-state index contributed by atoms with van der Waals surface area (Å²) in [5.41, 5.74) is 0.381. The third-order valence-electron chi connectivity index (χ3n) is 4.33. The summed E-state index contributed by atoms with van der Waals surface area (Å²) in [7, 11) is 1.30. The minimum Gasteiger partial charge on any atom is -0.497 e. The number of rotatable bonds is 6. The largest absolute Gasteiger partial charge is 0.497 e. The summed E-state index contributed by atoms with van der Waals surface area (Å²) in [6.07, 6.45) is -0.713. The first-order chi connectivity index (χ1) is 13.8. The number of halogens is 4. The molecule has 1 fully saturated rings. The van der Waals surface area contributed by atoms with Crippen molar-refractivity contribution in [3.05, 3.63) is 46.2 Å². The van der Waals surface area contributed by atoms with Crippen molar-refractivity contribution in [2.45, 2.75) is 24.9 Å². The average Bonchev–Trinajstić information content (AvgIpc) is 3.43. The molecule has 4 rings (SSSR count). The van der Waals surface area contributed by atoms with E-state index in [1.807, 2.05) is 6.07 Å². The van der Waals surface area contributed by atoms with Crippen molar-refractivity contribution in [2.75, 3.05) is 17.7 Å². The van der Waals surface area contributed by atoms with Gasteiger partial charge in [-0.15, -0.1) is 0 Å². The number of alkyl halides is 3. The molecule has 0 unspecified atom stereocenters. The number of aromatic nitrogens is 4. The lowest BCUT2D eigenvalue weighted by molar-refractivity contribution is -0.137. The standard InChI is InChI=1S/C18H16BrF3N6O/c1-29-12-5-10(18(20,21)22)4-11(6-12)24-17-23-8-13(19)16(26-17)25-15-7-14(27-28-15)9-2-3-9/h4-9H,2-3H2,1H3,(H3,23,24,25,26,27,28). The van der Waals surface area contributed by atoms with Gasteiger partial charge in [-0.05, 0) is 40.9 Å². The highest BCUT2D eigenvalue weighted by Gasteiger charge is 2.31. The van der Waals surface area contributed by atoms with Gasteiger partial charge in [0, 0.05) is 35.6 Å². The lowest BCUT2D eigenvalue weighted by Gasteiger charge is -2.13. The van der Waals surface area contributed by atoms with Gasteiger partial charge in [0.1, 0.15) is 5.75 Å². The van der Waals surface area contributed by atoms with Crippen LogP contribution in [0, 0.1) is 0 Å². The van der Waals surface area contributed by atoms with E-state index in [1.54, 1.807) is 0 Å². The second kappa shape index (κ2) is 7.54. The SMILES string of the molecule is COc1cc(Nc2ncc(Br)c(Nc3cc(C4CC4)[nH]n3)n2)cc(C(F)(F)F)c1. The van der Waals surface area contributed by atoms with Gasteiger partial charge < -0.3 is 15.4 Å². The van der Waals surface area contributed by atoms with Gasteiger partial charge in [-0.2, -0.15) is 23.3 Å². The Balaban J connectivity index is 1.57. The van der Waals surface area contributed by atoms with E-state index in [2.05, 4.69) is 46.7 Å².